The Labute approximate surface area is 139 Å². The predicted molar refractivity (Wildman–Crippen MR) is 97.1 cm³/mol. The maximum atomic E-state index is 6.20. The smallest absolute Gasteiger partial charge is 0.112 e. The molecule has 1 aliphatic rings. The van der Waals surface area contributed by atoms with Gasteiger partial charge in [0.15, 0.2) is 0 Å². The Morgan fingerprint density at radius 2 is 1.57 bits per heavy atom. The van der Waals surface area contributed by atoms with Crippen LogP contribution in [0.2, 0.25) is 0 Å². The molecule has 23 heavy (non-hydrogen) atoms. The van der Waals surface area contributed by atoms with E-state index in [1.54, 1.807) is 0 Å². The average molecular weight is 304 g/mol. The molecule has 0 bridgehead atoms. The number of allylic oxidation sites excluding steroid dienone is 1. The molecule has 0 spiro atoms. The lowest BCUT2D eigenvalue weighted by atomic mass is 9.81. The van der Waals surface area contributed by atoms with Crippen molar-refractivity contribution in [1.82, 2.24) is 0 Å². The van der Waals surface area contributed by atoms with Gasteiger partial charge in [0.1, 0.15) is 11.9 Å². The molecule has 0 saturated heterocycles. The van der Waals surface area contributed by atoms with Crippen molar-refractivity contribution in [2.24, 2.45) is 0 Å². The second kappa shape index (κ2) is 7.82. The van der Waals surface area contributed by atoms with Gasteiger partial charge in [-0.15, -0.1) is 0 Å². The van der Waals surface area contributed by atoms with Gasteiger partial charge in [-0.3, -0.25) is 0 Å². The van der Waals surface area contributed by atoms with E-state index in [9.17, 15) is 0 Å². The first-order valence-electron chi connectivity index (χ1n) is 8.46. The van der Waals surface area contributed by atoms with E-state index in [1.807, 2.05) is 24.3 Å². The van der Waals surface area contributed by atoms with E-state index in [4.69, 9.17) is 4.74 Å². The minimum atomic E-state index is 0.235. The van der Waals surface area contributed by atoms with Crippen molar-refractivity contribution in [1.29, 1.82) is 0 Å². The largest absolute Gasteiger partial charge is 0.490 e. The zero-order chi connectivity index (χ0) is 15.9. The Morgan fingerprint density at radius 3 is 2.30 bits per heavy atom. The lowest BCUT2D eigenvalue weighted by Crippen LogP contribution is -2.25. The summed E-state index contributed by atoms with van der Waals surface area (Å²) in [6, 6.07) is 21.0. The summed E-state index contributed by atoms with van der Waals surface area (Å²) >= 11 is 0. The molecule has 1 fully saturated rings. The molecule has 0 N–H and O–H groups in total. The zero-order valence-corrected chi connectivity index (χ0v) is 13.5. The molecule has 2 aromatic carbocycles. The number of rotatable bonds is 5. The third kappa shape index (κ3) is 4.35. The van der Waals surface area contributed by atoms with Crippen molar-refractivity contribution in [3.63, 3.8) is 0 Å². The quantitative estimate of drug-likeness (QED) is 0.489. The van der Waals surface area contributed by atoms with Crippen molar-refractivity contribution >= 4 is 6.08 Å². The molecule has 1 heteroatoms. The minimum absolute atomic E-state index is 0.235. The molecule has 2 atom stereocenters. The van der Waals surface area contributed by atoms with Gasteiger partial charge < -0.3 is 4.74 Å². The van der Waals surface area contributed by atoms with Crippen LogP contribution in [0, 0.1) is 0 Å². The highest BCUT2D eigenvalue weighted by atomic mass is 16.5. The maximum Gasteiger partial charge on any atom is 0.112 e. The van der Waals surface area contributed by atoms with Gasteiger partial charge in [0, 0.05) is 5.92 Å². The highest BCUT2D eigenvalue weighted by Crippen LogP contribution is 2.35. The topological polar surface area (TPSA) is 9.23 Å². The summed E-state index contributed by atoms with van der Waals surface area (Å²) in [5, 5.41) is 0. The molecular formula is C22H24O. The minimum Gasteiger partial charge on any atom is -0.490 e. The Kier molecular flexibility index (Phi) is 5.31. The van der Waals surface area contributed by atoms with E-state index < -0.39 is 0 Å². The van der Waals surface area contributed by atoms with Crippen LogP contribution in [0.25, 0.3) is 6.08 Å². The molecule has 0 heterocycles. The van der Waals surface area contributed by atoms with E-state index >= 15 is 0 Å². The van der Waals surface area contributed by atoms with Crippen molar-refractivity contribution < 1.29 is 4.74 Å². The van der Waals surface area contributed by atoms with Gasteiger partial charge in [-0.25, -0.2) is 0 Å². The molecule has 0 aliphatic heterocycles. The van der Waals surface area contributed by atoms with Crippen LogP contribution in [0.1, 0.15) is 42.7 Å². The molecule has 2 aromatic rings. The summed E-state index contributed by atoms with van der Waals surface area (Å²) in [6.45, 7) is 4.08. The standard InChI is InChI=1S/C22H24O/c1-18(16-17-19-10-4-2-5-11-19)23-22-15-9-8-14-21(22)20-12-6-3-7-13-20/h2-7,10-13,16-17,21-22H,1,8-9,14-15H2/b17-16+/t21-,22+/m1/s1. The van der Waals surface area contributed by atoms with Crippen LogP contribution in [0.3, 0.4) is 0 Å². The van der Waals surface area contributed by atoms with Crippen molar-refractivity contribution in [2.75, 3.05) is 0 Å². The summed E-state index contributed by atoms with van der Waals surface area (Å²) in [5.74, 6) is 1.23. The summed E-state index contributed by atoms with van der Waals surface area (Å²) in [4.78, 5) is 0. The monoisotopic (exact) mass is 304 g/mol. The zero-order valence-electron chi connectivity index (χ0n) is 13.5. The van der Waals surface area contributed by atoms with E-state index in [0.29, 0.717) is 5.92 Å². The SMILES string of the molecule is C=C(/C=C/c1ccccc1)O[C@H]1CCCC[C@@H]1c1ccccc1. The Hall–Kier alpha value is -2.28. The van der Waals surface area contributed by atoms with Crippen LogP contribution in [-0.4, -0.2) is 6.10 Å². The van der Waals surface area contributed by atoms with Crippen molar-refractivity contribution in [3.8, 4) is 0 Å². The highest BCUT2D eigenvalue weighted by Gasteiger charge is 2.27. The van der Waals surface area contributed by atoms with Crippen LogP contribution >= 0.6 is 0 Å². The van der Waals surface area contributed by atoms with Gasteiger partial charge >= 0.3 is 0 Å². The maximum absolute atomic E-state index is 6.20. The summed E-state index contributed by atoms with van der Waals surface area (Å²) in [5.41, 5.74) is 2.55. The van der Waals surface area contributed by atoms with Gasteiger partial charge in [0.05, 0.1) is 0 Å². The van der Waals surface area contributed by atoms with Crippen molar-refractivity contribution in [2.45, 2.75) is 37.7 Å². The van der Waals surface area contributed by atoms with Gasteiger partial charge in [-0.05, 0) is 36.5 Å². The van der Waals surface area contributed by atoms with E-state index in [1.165, 1.54) is 30.4 Å². The first-order chi connectivity index (χ1) is 11.3. The molecule has 118 valence electrons. The van der Waals surface area contributed by atoms with Crippen LogP contribution in [-0.2, 0) is 4.74 Å². The van der Waals surface area contributed by atoms with Gasteiger partial charge in [0.25, 0.3) is 0 Å². The first-order valence-corrected chi connectivity index (χ1v) is 8.46. The summed E-state index contributed by atoms with van der Waals surface area (Å²) in [7, 11) is 0. The molecule has 0 amide bonds. The number of hydrogen-bond donors (Lipinski definition) is 0. The number of hydrogen-bond acceptors (Lipinski definition) is 1. The first kappa shape index (κ1) is 15.6. The molecule has 0 aromatic heterocycles. The predicted octanol–water partition coefficient (Wildman–Crippen LogP) is 5.96. The van der Waals surface area contributed by atoms with Gasteiger partial charge in [0.2, 0.25) is 0 Å². The molecule has 0 radical (unpaired) electrons. The van der Waals surface area contributed by atoms with Crippen molar-refractivity contribution in [3.05, 3.63) is 90.2 Å². The molecule has 1 saturated carbocycles. The fourth-order valence-corrected chi connectivity index (χ4v) is 3.31. The van der Waals surface area contributed by atoms with Crippen LogP contribution in [0.15, 0.2) is 79.1 Å². The van der Waals surface area contributed by atoms with Gasteiger partial charge in [-0.2, -0.15) is 0 Å². The Bertz CT molecular complexity index is 642. The lowest BCUT2D eigenvalue weighted by Gasteiger charge is -2.32. The lowest BCUT2D eigenvalue weighted by molar-refractivity contribution is 0.0711. The summed E-state index contributed by atoms with van der Waals surface area (Å²) < 4.78 is 6.20. The summed E-state index contributed by atoms with van der Waals surface area (Å²) in [6.07, 6.45) is 9.10. The van der Waals surface area contributed by atoms with Crippen LogP contribution < -0.4 is 0 Å². The fourth-order valence-electron chi connectivity index (χ4n) is 3.31. The van der Waals surface area contributed by atoms with E-state index in [2.05, 4.69) is 55.1 Å². The second-order valence-electron chi connectivity index (χ2n) is 6.17. The molecule has 3 rings (SSSR count). The molecular weight excluding hydrogens is 280 g/mol. The average Bonchev–Trinajstić information content (AvgIpc) is 2.62. The fraction of sp³-hybridized carbons (Fsp3) is 0.273. The molecule has 0 unspecified atom stereocenters. The highest BCUT2D eigenvalue weighted by molar-refractivity contribution is 5.51. The second-order valence-corrected chi connectivity index (χ2v) is 6.17. The molecule has 1 nitrogen and oxygen atoms in total. The number of benzene rings is 2. The number of ether oxygens (including phenoxy) is 1. The Morgan fingerprint density at radius 1 is 0.913 bits per heavy atom. The third-order valence-corrected chi connectivity index (χ3v) is 4.49. The molecule has 1 aliphatic carbocycles. The van der Waals surface area contributed by atoms with Crippen LogP contribution in [0.4, 0.5) is 0 Å². The Balaban J connectivity index is 1.65. The van der Waals surface area contributed by atoms with Gasteiger partial charge in [-0.1, -0.05) is 79.7 Å². The normalized spacial score (nSPS) is 21.2. The van der Waals surface area contributed by atoms with E-state index in [0.717, 1.165) is 12.2 Å². The van der Waals surface area contributed by atoms with E-state index in [-0.39, 0.29) is 6.10 Å². The van der Waals surface area contributed by atoms with Crippen LogP contribution in [0.5, 0.6) is 0 Å². The third-order valence-electron chi connectivity index (χ3n) is 4.49.